The number of thioether (sulfide) groups is 1. The molecule has 124 valence electrons. The molecule has 1 amide bonds. The van der Waals surface area contributed by atoms with E-state index in [1.54, 1.807) is 6.92 Å². The van der Waals surface area contributed by atoms with Crippen LogP contribution in [-0.4, -0.2) is 38.3 Å². The van der Waals surface area contributed by atoms with Crippen molar-refractivity contribution in [3.05, 3.63) is 24.3 Å². The maximum absolute atomic E-state index is 11.9. The molecule has 7 heteroatoms. The predicted molar refractivity (Wildman–Crippen MR) is 90.6 cm³/mol. The number of hydrogen-bond donors (Lipinski definition) is 2. The number of nitrogens with zero attached hydrogens (tertiary/aromatic N) is 2. The Bertz CT molecular complexity index is 699. The fourth-order valence-corrected chi connectivity index (χ4v) is 3.16. The quantitative estimate of drug-likeness (QED) is 0.724. The van der Waals surface area contributed by atoms with Crippen LogP contribution in [0.15, 0.2) is 29.4 Å². The fraction of sp³-hybridized carbons (Fsp3) is 0.438. The molecular formula is C16H21N3O3S. The molecule has 0 saturated heterocycles. The van der Waals surface area contributed by atoms with E-state index in [9.17, 15) is 9.59 Å². The number of aliphatic carboxylic acids is 1. The van der Waals surface area contributed by atoms with E-state index in [2.05, 4.69) is 21.8 Å². The number of rotatable bonds is 8. The minimum atomic E-state index is -1.01. The summed E-state index contributed by atoms with van der Waals surface area (Å²) in [6.45, 7) is 4.65. The van der Waals surface area contributed by atoms with Crippen molar-refractivity contribution in [2.24, 2.45) is 0 Å². The molecule has 0 spiro atoms. The number of hydrogen-bond acceptors (Lipinski definition) is 4. The van der Waals surface area contributed by atoms with E-state index >= 15 is 0 Å². The van der Waals surface area contributed by atoms with Gasteiger partial charge in [0, 0.05) is 6.54 Å². The van der Waals surface area contributed by atoms with Crippen molar-refractivity contribution in [3.63, 3.8) is 0 Å². The molecule has 2 rings (SSSR count). The molecule has 0 aliphatic carbocycles. The molecule has 1 heterocycles. The standard InChI is InChI=1S/C16H21N3O3S/c1-3-9-19-13-8-6-5-7-12(13)18-16(19)23-10-14(20)17-11(4-2)15(21)22/h5-8,11H,3-4,9-10H2,1-2H3,(H,17,20)(H,21,22). The number of nitrogens with one attached hydrogen (secondary N) is 1. The summed E-state index contributed by atoms with van der Waals surface area (Å²) in [6.07, 6.45) is 1.33. The average Bonchev–Trinajstić information content (AvgIpc) is 2.89. The summed E-state index contributed by atoms with van der Waals surface area (Å²) >= 11 is 1.33. The summed E-state index contributed by atoms with van der Waals surface area (Å²) < 4.78 is 2.10. The first kappa shape index (κ1) is 17.3. The van der Waals surface area contributed by atoms with Crippen molar-refractivity contribution in [1.82, 2.24) is 14.9 Å². The zero-order valence-corrected chi connectivity index (χ0v) is 14.1. The molecule has 0 bridgehead atoms. The maximum atomic E-state index is 11.9. The molecule has 0 aliphatic heterocycles. The number of carboxylic acid groups (broad SMARTS) is 1. The minimum absolute atomic E-state index is 0.150. The van der Waals surface area contributed by atoms with Gasteiger partial charge in [-0.2, -0.15) is 0 Å². The summed E-state index contributed by atoms with van der Waals surface area (Å²) in [7, 11) is 0. The highest BCUT2D eigenvalue weighted by Crippen LogP contribution is 2.24. The van der Waals surface area contributed by atoms with Crippen LogP contribution in [0.2, 0.25) is 0 Å². The number of amides is 1. The van der Waals surface area contributed by atoms with Gasteiger partial charge in [0.15, 0.2) is 5.16 Å². The van der Waals surface area contributed by atoms with Gasteiger partial charge in [0.25, 0.3) is 0 Å². The summed E-state index contributed by atoms with van der Waals surface area (Å²) in [5, 5.41) is 12.3. The van der Waals surface area contributed by atoms with E-state index in [1.165, 1.54) is 11.8 Å². The molecule has 1 aromatic heterocycles. The van der Waals surface area contributed by atoms with E-state index in [0.717, 1.165) is 29.2 Å². The van der Waals surface area contributed by atoms with Crippen molar-refractivity contribution in [2.75, 3.05) is 5.75 Å². The van der Waals surface area contributed by atoms with Crippen LogP contribution in [0.5, 0.6) is 0 Å². The molecule has 0 aliphatic rings. The Kier molecular flexibility index (Phi) is 6.04. The largest absolute Gasteiger partial charge is 0.480 e. The highest BCUT2D eigenvalue weighted by atomic mass is 32.2. The Morgan fingerprint density at radius 1 is 1.35 bits per heavy atom. The number of carboxylic acids is 1. The van der Waals surface area contributed by atoms with Gasteiger partial charge in [-0.15, -0.1) is 0 Å². The molecule has 2 N–H and O–H groups in total. The number of benzene rings is 1. The van der Waals surface area contributed by atoms with Crippen LogP contribution in [0.25, 0.3) is 11.0 Å². The van der Waals surface area contributed by atoms with Gasteiger partial charge in [0.2, 0.25) is 5.91 Å². The van der Waals surface area contributed by atoms with Gasteiger partial charge in [0.05, 0.1) is 16.8 Å². The number of carbonyl (C=O) groups is 2. The normalized spacial score (nSPS) is 12.3. The highest BCUT2D eigenvalue weighted by molar-refractivity contribution is 7.99. The topological polar surface area (TPSA) is 84.2 Å². The lowest BCUT2D eigenvalue weighted by Gasteiger charge is -2.12. The Morgan fingerprint density at radius 2 is 2.09 bits per heavy atom. The van der Waals surface area contributed by atoms with Crippen molar-refractivity contribution >= 4 is 34.7 Å². The minimum Gasteiger partial charge on any atom is -0.480 e. The van der Waals surface area contributed by atoms with Gasteiger partial charge in [-0.05, 0) is 25.0 Å². The van der Waals surface area contributed by atoms with Crippen LogP contribution >= 0.6 is 11.8 Å². The van der Waals surface area contributed by atoms with E-state index in [0.29, 0.717) is 6.42 Å². The van der Waals surface area contributed by atoms with E-state index in [1.807, 2.05) is 24.3 Å². The first-order chi connectivity index (χ1) is 11.1. The second-order valence-electron chi connectivity index (χ2n) is 5.19. The van der Waals surface area contributed by atoms with Crippen LogP contribution in [0, 0.1) is 0 Å². The van der Waals surface area contributed by atoms with Gasteiger partial charge in [-0.3, -0.25) is 4.79 Å². The lowest BCUT2D eigenvalue weighted by atomic mass is 10.2. The van der Waals surface area contributed by atoms with Gasteiger partial charge < -0.3 is 15.0 Å². The summed E-state index contributed by atoms with van der Waals surface area (Å²) in [5.41, 5.74) is 1.95. The SMILES string of the molecule is CCCn1c(SCC(=O)NC(CC)C(=O)O)nc2ccccc21. The third-order valence-corrected chi connectivity index (χ3v) is 4.42. The van der Waals surface area contributed by atoms with Crippen LogP contribution in [0.4, 0.5) is 0 Å². The number of para-hydroxylation sites is 2. The van der Waals surface area contributed by atoms with Crippen molar-refractivity contribution in [2.45, 2.75) is 44.4 Å². The third-order valence-electron chi connectivity index (χ3n) is 3.44. The number of carbonyl (C=O) groups excluding carboxylic acids is 1. The molecule has 0 radical (unpaired) electrons. The van der Waals surface area contributed by atoms with Gasteiger partial charge in [-0.25, -0.2) is 9.78 Å². The molecule has 23 heavy (non-hydrogen) atoms. The van der Waals surface area contributed by atoms with Gasteiger partial charge >= 0.3 is 5.97 Å². The first-order valence-electron chi connectivity index (χ1n) is 7.67. The number of aryl methyl sites for hydroxylation is 1. The molecule has 1 unspecified atom stereocenters. The van der Waals surface area contributed by atoms with E-state index in [4.69, 9.17) is 5.11 Å². The van der Waals surface area contributed by atoms with Crippen LogP contribution in [-0.2, 0) is 16.1 Å². The average molecular weight is 335 g/mol. The second-order valence-corrected chi connectivity index (χ2v) is 6.13. The maximum Gasteiger partial charge on any atom is 0.326 e. The monoisotopic (exact) mass is 335 g/mol. The van der Waals surface area contributed by atoms with Crippen LogP contribution in [0.3, 0.4) is 0 Å². The third kappa shape index (κ3) is 4.25. The van der Waals surface area contributed by atoms with Crippen molar-refractivity contribution < 1.29 is 14.7 Å². The molecule has 1 aromatic carbocycles. The predicted octanol–water partition coefficient (Wildman–Crippen LogP) is 2.52. The van der Waals surface area contributed by atoms with Crippen LogP contribution in [0.1, 0.15) is 26.7 Å². The molecule has 0 saturated carbocycles. The highest BCUT2D eigenvalue weighted by Gasteiger charge is 2.18. The summed E-state index contributed by atoms with van der Waals surface area (Å²) in [4.78, 5) is 27.5. The molecule has 1 atom stereocenters. The number of imidazole rings is 1. The fourth-order valence-electron chi connectivity index (χ4n) is 2.31. The molecular weight excluding hydrogens is 314 g/mol. The molecule has 6 nitrogen and oxygen atoms in total. The van der Waals surface area contributed by atoms with Gasteiger partial charge in [0.1, 0.15) is 6.04 Å². The number of fused-ring (bicyclic) bond motifs is 1. The summed E-state index contributed by atoms with van der Waals surface area (Å²) in [6, 6.07) is 7.03. The molecule has 0 fully saturated rings. The van der Waals surface area contributed by atoms with Crippen molar-refractivity contribution in [3.8, 4) is 0 Å². The Hall–Kier alpha value is -2.02. The Morgan fingerprint density at radius 3 is 2.74 bits per heavy atom. The summed E-state index contributed by atoms with van der Waals surface area (Å²) in [5.74, 6) is -1.15. The Labute approximate surface area is 139 Å². The number of aromatic nitrogens is 2. The first-order valence-corrected chi connectivity index (χ1v) is 8.65. The lowest BCUT2D eigenvalue weighted by molar-refractivity contribution is -0.141. The van der Waals surface area contributed by atoms with Crippen molar-refractivity contribution in [1.29, 1.82) is 0 Å². The van der Waals surface area contributed by atoms with Gasteiger partial charge in [-0.1, -0.05) is 37.7 Å². The van der Waals surface area contributed by atoms with Crippen LogP contribution < -0.4 is 5.32 Å². The smallest absolute Gasteiger partial charge is 0.326 e. The zero-order chi connectivity index (χ0) is 16.8. The lowest BCUT2D eigenvalue weighted by Crippen LogP contribution is -2.41. The Balaban J connectivity index is 2.08. The zero-order valence-electron chi connectivity index (χ0n) is 13.3. The second kappa shape index (κ2) is 8.01. The van der Waals surface area contributed by atoms with E-state index < -0.39 is 12.0 Å². The van der Waals surface area contributed by atoms with E-state index in [-0.39, 0.29) is 11.7 Å². The molecule has 2 aromatic rings.